The first-order valence-electron chi connectivity index (χ1n) is 6.88. The van der Waals surface area contributed by atoms with Crippen LogP contribution in [0, 0.1) is 0 Å². The van der Waals surface area contributed by atoms with Crippen molar-refractivity contribution in [3.63, 3.8) is 0 Å². The average molecular weight is 379 g/mol. The first-order valence-corrected chi connectivity index (χ1v) is 8.24. The van der Waals surface area contributed by atoms with Gasteiger partial charge in [0.25, 0.3) is 0 Å². The number of halogens is 4. The summed E-state index contributed by atoms with van der Waals surface area (Å²) in [5, 5.41) is 9.93. The van der Waals surface area contributed by atoms with E-state index in [4.69, 9.17) is 11.6 Å². The Morgan fingerprint density at radius 3 is 2.54 bits per heavy atom. The van der Waals surface area contributed by atoms with Gasteiger partial charge in [0.1, 0.15) is 0 Å². The summed E-state index contributed by atoms with van der Waals surface area (Å²) < 4.78 is 38.6. The minimum atomic E-state index is -4.57. The second-order valence-electron chi connectivity index (χ2n) is 4.88. The molecule has 0 aliphatic heterocycles. The van der Waals surface area contributed by atoms with Gasteiger partial charge in [0, 0.05) is 18.6 Å². The minimum absolute atomic E-state index is 0.0372. The smallest absolute Gasteiger partial charge is 0.355 e. The Labute approximate surface area is 145 Å². The molecule has 0 aliphatic carbocycles. The van der Waals surface area contributed by atoms with Gasteiger partial charge in [0.05, 0.1) is 5.75 Å². The summed E-state index contributed by atoms with van der Waals surface area (Å²) in [6.07, 6.45) is -3.93. The van der Waals surface area contributed by atoms with E-state index in [1.54, 1.807) is 12.1 Å². The maximum Gasteiger partial charge on any atom is 0.451 e. The van der Waals surface area contributed by atoms with Crippen molar-refractivity contribution in [3.05, 3.63) is 40.7 Å². The van der Waals surface area contributed by atoms with Gasteiger partial charge in [-0.1, -0.05) is 35.5 Å². The second-order valence-corrected chi connectivity index (χ2v) is 6.26. The number of nitrogens with one attached hydrogen (secondary N) is 1. The molecule has 0 atom stereocenters. The number of carbonyl (C=O) groups excluding carboxylic acids is 1. The molecule has 1 heterocycles. The van der Waals surface area contributed by atoms with Gasteiger partial charge < -0.3 is 9.88 Å². The van der Waals surface area contributed by atoms with Crippen molar-refractivity contribution in [1.82, 2.24) is 20.1 Å². The van der Waals surface area contributed by atoms with Crippen LogP contribution in [0.25, 0.3) is 0 Å². The SMILES string of the molecule is Cn1c(SCC(=O)NCCc2ccc(Cl)cc2)nnc1C(F)(F)F. The summed E-state index contributed by atoms with van der Waals surface area (Å²) in [6.45, 7) is 0.424. The Hall–Kier alpha value is -1.74. The number of aromatic nitrogens is 3. The van der Waals surface area contributed by atoms with Gasteiger partial charge in [-0.15, -0.1) is 10.2 Å². The van der Waals surface area contributed by atoms with E-state index < -0.39 is 12.0 Å². The van der Waals surface area contributed by atoms with E-state index in [0.717, 1.165) is 21.9 Å². The lowest BCUT2D eigenvalue weighted by Crippen LogP contribution is -2.27. The molecule has 0 spiro atoms. The van der Waals surface area contributed by atoms with Crippen molar-refractivity contribution >= 4 is 29.3 Å². The van der Waals surface area contributed by atoms with Crippen LogP contribution >= 0.6 is 23.4 Å². The molecule has 24 heavy (non-hydrogen) atoms. The number of alkyl halides is 3. The highest BCUT2D eigenvalue weighted by Crippen LogP contribution is 2.29. The largest absolute Gasteiger partial charge is 0.451 e. The number of nitrogens with zero attached hydrogens (tertiary/aromatic N) is 3. The number of hydrogen-bond acceptors (Lipinski definition) is 4. The van der Waals surface area contributed by atoms with Crippen molar-refractivity contribution in [2.24, 2.45) is 7.05 Å². The van der Waals surface area contributed by atoms with Crippen LogP contribution in [-0.4, -0.2) is 33.0 Å². The lowest BCUT2D eigenvalue weighted by atomic mass is 10.1. The molecule has 1 aromatic carbocycles. The number of rotatable bonds is 6. The van der Waals surface area contributed by atoms with Crippen LogP contribution in [0.3, 0.4) is 0 Å². The van der Waals surface area contributed by atoms with Crippen molar-refractivity contribution in [2.45, 2.75) is 17.8 Å². The van der Waals surface area contributed by atoms with E-state index in [2.05, 4.69) is 15.5 Å². The van der Waals surface area contributed by atoms with E-state index in [1.807, 2.05) is 12.1 Å². The monoisotopic (exact) mass is 378 g/mol. The normalized spacial score (nSPS) is 11.5. The molecule has 0 unspecified atom stereocenters. The highest BCUT2D eigenvalue weighted by molar-refractivity contribution is 7.99. The fraction of sp³-hybridized carbons (Fsp3) is 0.357. The molecule has 0 fully saturated rings. The molecule has 2 rings (SSSR count). The zero-order chi connectivity index (χ0) is 17.7. The molecule has 0 saturated heterocycles. The molecule has 1 N–H and O–H groups in total. The summed E-state index contributed by atoms with van der Waals surface area (Å²) in [7, 11) is 1.21. The molecule has 10 heteroatoms. The molecular weight excluding hydrogens is 365 g/mol. The Bertz CT molecular complexity index is 703. The number of benzene rings is 1. The predicted octanol–water partition coefficient (Wildman–Crippen LogP) is 2.94. The van der Waals surface area contributed by atoms with Crippen LogP contribution in [0.5, 0.6) is 0 Å². The van der Waals surface area contributed by atoms with Gasteiger partial charge in [0.2, 0.25) is 11.7 Å². The van der Waals surface area contributed by atoms with E-state index >= 15 is 0 Å². The highest BCUT2D eigenvalue weighted by atomic mass is 35.5. The molecule has 130 valence electrons. The van der Waals surface area contributed by atoms with Crippen LogP contribution in [0.4, 0.5) is 13.2 Å². The molecule has 0 saturated carbocycles. The highest BCUT2D eigenvalue weighted by Gasteiger charge is 2.37. The summed E-state index contributed by atoms with van der Waals surface area (Å²) in [5.41, 5.74) is 1.02. The predicted molar refractivity (Wildman–Crippen MR) is 84.9 cm³/mol. The Kier molecular flexibility index (Phi) is 6.11. The lowest BCUT2D eigenvalue weighted by molar-refractivity contribution is -0.147. The van der Waals surface area contributed by atoms with Crippen LogP contribution < -0.4 is 5.32 Å². The quantitative estimate of drug-likeness (QED) is 0.785. The molecular formula is C14H14ClF3N4OS. The average Bonchev–Trinajstić information content (AvgIpc) is 2.88. The standard InChI is InChI=1S/C14H14ClF3N4OS/c1-22-12(14(16,17)18)20-21-13(22)24-8-11(23)19-7-6-9-2-4-10(15)5-3-9/h2-5H,6-8H2,1H3,(H,19,23). The van der Waals surface area contributed by atoms with E-state index in [9.17, 15) is 18.0 Å². The van der Waals surface area contributed by atoms with E-state index in [0.29, 0.717) is 18.0 Å². The molecule has 0 radical (unpaired) electrons. The third-order valence-electron chi connectivity index (χ3n) is 3.07. The minimum Gasteiger partial charge on any atom is -0.355 e. The summed E-state index contributed by atoms with van der Waals surface area (Å²) >= 11 is 6.68. The Morgan fingerprint density at radius 2 is 1.96 bits per heavy atom. The maximum absolute atomic E-state index is 12.6. The van der Waals surface area contributed by atoms with Crippen molar-refractivity contribution in [2.75, 3.05) is 12.3 Å². The summed E-state index contributed by atoms with van der Waals surface area (Å²) in [5.74, 6) is -1.41. The zero-order valence-electron chi connectivity index (χ0n) is 12.6. The van der Waals surface area contributed by atoms with E-state index in [-0.39, 0.29) is 16.8 Å². The first-order chi connectivity index (χ1) is 11.3. The van der Waals surface area contributed by atoms with Gasteiger partial charge in [-0.2, -0.15) is 13.2 Å². The summed E-state index contributed by atoms with van der Waals surface area (Å²) in [6, 6.07) is 7.25. The van der Waals surface area contributed by atoms with Crippen LogP contribution in [0.2, 0.25) is 5.02 Å². The number of amides is 1. The van der Waals surface area contributed by atoms with Crippen molar-refractivity contribution in [3.8, 4) is 0 Å². The van der Waals surface area contributed by atoms with E-state index in [1.165, 1.54) is 7.05 Å². The molecule has 2 aromatic rings. The van der Waals surface area contributed by atoms with Gasteiger partial charge in [-0.05, 0) is 24.1 Å². The van der Waals surface area contributed by atoms with Gasteiger partial charge in [-0.25, -0.2) is 0 Å². The lowest BCUT2D eigenvalue weighted by Gasteiger charge is -2.07. The zero-order valence-corrected chi connectivity index (χ0v) is 14.2. The van der Waals surface area contributed by atoms with Crippen molar-refractivity contribution < 1.29 is 18.0 Å². The summed E-state index contributed by atoms with van der Waals surface area (Å²) in [4.78, 5) is 11.7. The van der Waals surface area contributed by atoms with Gasteiger partial charge in [-0.3, -0.25) is 4.79 Å². The molecule has 1 amide bonds. The topological polar surface area (TPSA) is 59.8 Å². The number of thioether (sulfide) groups is 1. The second kappa shape index (κ2) is 7.89. The molecule has 0 bridgehead atoms. The third kappa shape index (κ3) is 5.13. The molecule has 1 aromatic heterocycles. The number of carbonyl (C=O) groups is 1. The Morgan fingerprint density at radius 1 is 1.29 bits per heavy atom. The molecule has 0 aliphatic rings. The maximum atomic E-state index is 12.6. The molecule has 5 nitrogen and oxygen atoms in total. The fourth-order valence-electron chi connectivity index (χ4n) is 1.87. The van der Waals surface area contributed by atoms with Crippen molar-refractivity contribution in [1.29, 1.82) is 0 Å². The fourth-order valence-corrected chi connectivity index (χ4v) is 2.73. The number of hydrogen-bond donors (Lipinski definition) is 1. The Balaban J connectivity index is 1.77. The van der Waals surface area contributed by atoms with Gasteiger partial charge in [0.15, 0.2) is 5.16 Å². The third-order valence-corrected chi connectivity index (χ3v) is 4.34. The van der Waals surface area contributed by atoms with Crippen LogP contribution in [-0.2, 0) is 24.4 Å². The van der Waals surface area contributed by atoms with Crippen LogP contribution in [0.1, 0.15) is 11.4 Å². The first kappa shape index (κ1) is 18.6. The van der Waals surface area contributed by atoms with Gasteiger partial charge >= 0.3 is 6.18 Å². The van der Waals surface area contributed by atoms with Crippen LogP contribution in [0.15, 0.2) is 29.4 Å².